The fraction of sp³-hybridized carbons (Fsp3) is 0.400. The average Bonchev–Trinajstić information content (AvgIpc) is 2.45. The molecule has 0 bridgehead atoms. The Morgan fingerprint density at radius 3 is 1.00 bits per heavy atom. The number of rotatable bonds is 2. The van der Waals surface area contributed by atoms with Crippen LogP contribution in [-0.2, 0) is 10.8 Å². The molecule has 0 unspecified atom stereocenters. The molecular weight excluding hydrogens is 424 g/mol. The van der Waals surface area contributed by atoms with Gasteiger partial charge in [-0.15, -0.1) is 0 Å². The van der Waals surface area contributed by atoms with E-state index in [4.69, 9.17) is 0 Å². The third kappa shape index (κ3) is 3.79. The zero-order chi connectivity index (χ0) is 18.4. The van der Waals surface area contributed by atoms with Crippen molar-refractivity contribution in [2.75, 3.05) is 0 Å². The molecule has 0 radical (unpaired) electrons. The number of halogens is 4. The first-order chi connectivity index (χ1) is 10.7. The minimum atomic E-state index is -7.31. The van der Waals surface area contributed by atoms with E-state index in [0.29, 0.717) is 0 Å². The van der Waals surface area contributed by atoms with E-state index in [2.05, 4.69) is 0 Å². The van der Waals surface area contributed by atoms with E-state index in [0.717, 1.165) is 11.1 Å². The third-order valence-electron chi connectivity index (χ3n) is 4.13. The van der Waals surface area contributed by atoms with Crippen molar-refractivity contribution >= 4 is 18.8 Å². The second-order valence-corrected chi connectivity index (χ2v) is 14.6. The predicted molar refractivity (Wildman–Crippen MR) is 105 cm³/mol. The summed E-state index contributed by atoms with van der Waals surface area (Å²) in [4.78, 5) is 0. The van der Waals surface area contributed by atoms with E-state index in [-0.39, 0.29) is 10.8 Å². The molecule has 0 saturated carbocycles. The Bertz CT molecular complexity index is 648. The van der Waals surface area contributed by atoms with Crippen LogP contribution in [0.1, 0.15) is 52.7 Å². The van der Waals surface area contributed by atoms with E-state index in [1.807, 2.05) is 41.5 Å². The summed E-state index contributed by atoms with van der Waals surface area (Å²) in [7, 11) is 0. The Morgan fingerprint density at radius 1 is 0.542 bits per heavy atom. The van der Waals surface area contributed by atoms with Crippen molar-refractivity contribution in [1.82, 2.24) is 0 Å². The molecule has 0 spiro atoms. The monoisotopic (exact) mass is 450 g/mol. The molecule has 2 rings (SSSR count). The van der Waals surface area contributed by atoms with Gasteiger partial charge in [0.05, 0.1) is 0 Å². The number of hydrogen-bond donors (Lipinski definition) is 0. The molecule has 0 aliphatic heterocycles. The van der Waals surface area contributed by atoms with Gasteiger partial charge in [-0.25, -0.2) is 0 Å². The fourth-order valence-corrected chi connectivity index (χ4v) is 6.23. The molecule has 0 N–H and O–H groups in total. The number of benzene rings is 2. The first kappa shape index (κ1) is 19.3. The quantitative estimate of drug-likeness (QED) is 0.415. The minimum absolute atomic E-state index is 0.154. The zero-order valence-corrected chi connectivity index (χ0v) is 17.3. The Kier molecular flexibility index (Phi) is 4.62. The van der Waals surface area contributed by atoms with Crippen molar-refractivity contribution in [2.24, 2.45) is 0 Å². The molecule has 0 nitrogen and oxygen atoms in total. The van der Waals surface area contributed by atoms with E-state index >= 15 is 0 Å². The van der Waals surface area contributed by atoms with Crippen LogP contribution >= 0.6 is 18.8 Å². The standard InChI is InChI=1S/C20H26F3I/c1-19(2,3)15-7-11-17(12-8-15)24(21,22,23)18-13-9-16(10-14-18)20(4,5)6/h7-14H,1-6H3. The van der Waals surface area contributed by atoms with Crippen molar-refractivity contribution < 1.29 is 8.58 Å². The van der Waals surface area contributed by atoms with Crippen LogP contribution in [0.15, 0.2) is 48.5 Å². The summed E-state index contributed by atoms with van der Waals surface area (Å²) in [5.41, 5.74) is 1.52. The average molecular weight is 450 g/mol. The second-order valence-electron chi connectivity index (χ2n) is 8.20. The Morgan fingerprint density at radius 2 is 0.792 bits per heavy atom. The van der Waals surface area contributed by atoms with E-state index in [9.17, 15) is 8.58 Å². The van der Waals surface area contributed by atoms with Gasteiger partial charge < -0.3 is 0 Å². The van der Waals surface area contributed by atoms with Gasteiger partial charge in [0.2, 0.25) is 0 Å². The van der Waals surface area contributed by atoms with Gasteiger partial charge in [0.25, 0.3) is 0 Å². The normalized spacial score (nSPS) is 15.0. The summed E-state index contributed by atoms with van der Waals surface area (Å²) in [6.45, 7) is 12.0. The van der Waals surface area contributed by atoms with Crippen LogP contribution in [0.3, 0.4) is 0 Å². The maximum absolute atomic E-state index is 15.0. The fourth-order valence-electron chi connectivity index (χ4n) is 2.44. The molecule has 0 atom stereocenters. The molecule has 0 aromatic heterocycles. The van der Waals surface area contributed by atoms with Crippen molar-refractivity contribution in [3.63, 3.8) is 0 Å². The van der Waals surface area contributed by atoms with Crippen molar-refractivity contribution in [1.29, 1.82) is 0 Å². The molecule has 0 saturated heterocycles. The first-order valence-electron chi connectivity index (χ1n) is 7.95. The van der Waals surface area contributed by atoms with E-state index in [1.165, 1.54) is 24.3 Å². The molecule has 2 aromatic carbocycles. The molecular formula is C20H26F3I. The van der Waals surface area contributed by atoms with Gasteiger partial charge in [0.15, 0.2) is 0 Å². The van der Waals surface area contributed by atoms with Crippen LogP contribution < -0.4 is 0 Å². The van der Waals surface area contributed by atoms with E-state index in [1.54, 1.807) is 24.3 Å². The van der Waals surface area contributed by atoms with Crippen LogP contribution in [0.25, 0.3) is 0 Å². The summed E-state index contributed by atoms with van der Waals surface area (Å²) < 4.78 is 43.9. The second kappa shape index (κ2) is 5.75. The summed E-state index contributed by atoms with van der Waals surface area (Å²) >= 11 is -7.31. The molecule has 0 aliphatic rings. The van der Waals surface area contributed by atoms with Crippen molar-refractivity contribution in [3.8, 4) is 0 Å². The summed E-state index contributed by atoms with van der Waals surface area (Å²) in [6.07, 6.45) is 0. The van der Waals surface area contributed by atoms with Crippen LogP contribution in [0.2, 0.25) is 0 Å². The van der Waals surface area contributed by atoms with Crippen LogP contribution in [0.4, 0.5) is 8.58 Å². The topological polar surface area (TPSA) is 0 Å². The van der Waals surface area contributed by atoms with Gasteiger partial charge in [-0.05, 0) is 0 Å². The maximum atomic E-state index is 15.0. The molecule has 2 aromatic rings. The molecule has 0 aliphatic carbocycles. The molecule has 134 valence electrons. The summed E-state index contributed by atoms with van der Waals surface area (Å²) in [5, 5.41) is 0. The Labute approximate surface area is 146 Å². The summed E-state index contributed by atoms with van der Waals surface area (Å²) in [6, 6.07) is 11.5. The Hall–Kier alpha value is -1.04. The van der Waals surface area contributed by atoms with Crippen LogP contribution in [-0.4, -0.2) is 0 Å². The van der Waals surface area contributed by atoms with Gasteiger partial charge in [0, 0.05) is 0 Å². The molecule has 24 heavy (non-hydrogen) atoms. The van der Waals surface area contributed by atoms with Crippen LogP contribution in [0.5, 0.6) is 0 Å². The first-order valence-corrected chi connectivity index (χ1v) is 12.6. The van der Waals surface area contributed by atoms with Gasteiger partial charge in [-0.1, -0.05) is 0 Å². The van der Waals surface area contributed by atoms with Gasteiger partial charge in [0.1, 0.15) is 0 Å². The van der Waals surface area contributed by atoms with Crippen molar-refractivity contribution in [2.45, 2.75) is 52.4 Å². The van der Waals surface area contributed by atoms with Gasteiger partial charge >= 0.3 is 147 Å². The van der Waals surface area contributed by atoms with E-state index < -0.39 is 25.9 Å². The van der Waals surface area contributed by atoms with Gasteiger partial charge in [-0.2, -0.15) is 0 Å². The SMILES string of the molecule is CC(C)(C)c1ccc(I(F)(F)(F)c2ccc(C(C)(C)C)cc2)cc1. The number of hydrogen-bond acceptors (Lipinski definition) is 0. The molecule has 0 amide bonds. The summed E-state index contributed by atoms with van der Waals surface area (Å²) in [5.74, 6) is 0. The molecule has 4 heteroatoms. The predicted octanol–water partition coefficient (Wildman–Crippen LogP) is 7.55. The van der Waals surface area contributed by atoms with Crippen LogP contribution in [0, 0.1) is 7.14 Å². The molecule has 0 fully saturated rings. The molecule has 0 heterocycles. The van der Waals surface area contributed by atoms with Crippen molar-refractivity contribution in [3.05, 3.63) is 66.8 Å². The zero-order valence-electron chi connectivity index (χ0n) is 15.1. The Balaban J connectivity index is 2.46. The third-order valence-corrected chi connectivity index (χ3v) is 9.64. The van der Waals surface area contributed by atoms with Gasteiger partial charge in [-0.3, -0.25) is 0 Å².